The number of ether oxygens (including phenoxy) is 3. The molecule has 0 bridgehead atoms. The van der Waals surface area contributed by atoms with Crippen molar-refractivity contribution in [3.8, 4) is 0 Å². The van der Waals surface area contributed by atoms with Crippen LogP contribution in [0, 0.1) is 20.2 Å². The number of carbonyl (C=O) groups is 4. The third-order valence-electron chi connectivity index (χ3n) is 5.72. The predicted molar refractivity (Wildman–Crippen MR) is 170 cm³/mol. The van der Waals surface area contributed by atoms with Crippen LogP contribution in [0.2, 0.25) is 0 Å². The van der Waals surface area contributed by atoms with Gasteiger partial charge in [-0.1, -0.05) is 6.07 Å². The number of hydrogen-bond donors (Lipinski definition) is 4. The number of rotatable bonds is 14. The molecule has 2 rings (SSSR count). The van der Waals surface area contributed by atoms with E-state index in [0.29, 0.717) is 5.56 Å². The van der Waals surface area contributed by atoms with Crippen molar-refractivity contribution >= 4 is 41.2 Å². The number of nitro groups is 2. The molecular weight excluding hydrogens is 620 g/mol. The Morgan fingerprint density at radius 1 is 0.702 bits per heavy atom. The van der Waals surface area contributed by atoms with E-state index in [9.17, 15) is 39.4 Å². The van der Waals surface area contributed by atoms with E-state index in [2.05, 4.69) is 21.3 Å². The largest absolute Gasteiger partial charge is 0.444 e. The van der Waals surface area contributed by atoms with Crippen LogP contribution < -0.4 is 21.3 Å². The van der Waals surface area contributed by atoms with Gasteiger partial charge in [-0.15, -0.1) is 0 Å². The maximum atomic E-state index is 13.2. The van der Waals surface area contributed by atoms with Crippen LogP contribution in [-0.4, -0.2) is 77.9 Å². The molecule has 0 aliphatic rings. The van der Waals surface area contributed by atoms with Gasteiger partial charge >= 0.3 is 24.1 Å². The van der Waals surface area contributed by atoms with Crippen LogP contribution in [-0.2, 0) is 20.6 Å². The summed E-state index contributed by atoms with van der Waals surface area (Å²) in [7, 11) is 0. The topological polar surface area (TPSA) is 230 Å². The molecule has 0 saturated carbocycles. The second-order valence-corrected chi connectivity index (χ2v) is 12.1. The number of hydrogen-bond acceptors (Lipinski definition) is 13. The summed E-state index contributed by atoms with van der Waals surface area (Å²) in [4.78, 5) is 71.3. The number of amides is 2. The first-order valence-corrected chi connectivity index (χ1v) is 14.6. The lowest BCUT2D eigenvalue weighted by atomic mass is 10.1. The predicted octanol–water partition coefficient (Wildman–Crippen LogP) is 4.28. The van der Waals surface area contributed by atoms with Crippen molar-refractivity contribution in [1.29, 1.82) is 0 Å². The van der Waals surface area contributed by atoms with Crippen molar-refractivity contribution in [2.75, 3.05) is 43.4 Å². The molecule has 47 heavy (non-hydrogen) atoms. The van der Waals surface area contributed by atoms with E-state index < -0.39 is 45.2 Å². The molecule has 0 unspecified atom stereocenters. The zero-order valence-electron chi connectivity index (χ0n) is 27.1. The maximum absolute atomic E-state index is 13.2. The second-order valence-electron chi connectivity index (χ2n) is 12.1. The van der Waals surface area contributed by atoms with E-state index in [-0.39, 0.29) is 67.3 Å². The minimum absolute atomic E-state index is 0.0234. The van der Waals surface area contributed by atoms with Crippen molar-refractivity contribution in [2.45, 2.75) is 59.2 Å². The van der Waals surface area contributed by atoms with Gasteiger partial charge in [0.15, 0.2) is 0 Å². The summed E-state index contributed by atoms with van der Waals surface area (Å²) in [6.45, 7) is 10.1. The van der Waals surface area contributed by atoms with Crippen molar-refractivity contribution in [2.24, 2.45) is 0 Å². The molecule has 17 nitrogen and oxygen atoms in total. The smallest absolute Gasteiger partial charge is 0.407 e. The second kappa shape index (κ2) is 16.7. The molecule has 2 amide bonds. The molecule has 0 atom stereocenters. The van der Waals surface area contributed by atoms with Gasteiger partial charge in [-0.05, 0) is 65.3 Å². The molecule has 0 radical (unpaired) electrons. The fourth-order valence-corrected chi connectivity index (χ4v) is 3.81. The van der Waals surface area contributed by atoms with E-state index in [1.807, 2.05) is 0 Å². The lowest BCUT2D eigenvalue weighted by molar-refractivity contribution is -0.479. The van der Waals surface area contributed by atoms with Crippen LogP contribution in [0.5, 0.6) is 0 Å². The quantitative estimate of drug-likeness (QED) is 0.0554. The molecule has 4 N–H and O–H groups in total. The van der Waals surface area contributed by atoms with Gasteiger partial charge in [0.1, 0.15) is 11.2 Å². The lowest BCUT2D eigenvalue weighted by Gasteiger charge is -2.20. The summed E-state index contributed by atoms with van der Waals surface area (Å²) < 4.78 is 15.5. The number of nitrogens with zero attached hydrogens (tertiary/aromatic N) is 2. The fourth-order valence-electron chi connectivity index (χ4n) is 3.81. The first-order chi connectivity index (χ1) is 21.8. The average molecular weight is 661 g/mol. The summed E-state index contributed by atoms with van der Waals surface area (Å²) in [5.41, 5.74) is -1.36. The first-order valence-electron chi connectivity index (χ1n) is 14.6. The van der Waals surface area contributed by atoms with E-state index in [1.54, 1.807) is 41.5 Å². The molecule has 2 aromatic rings. The minimum Gasteiger partial charge on any atom is -0.444 e. The summed E-state index contributed by atoms with van der Waals surface area (Å²) >= 11 is 0. The van der Waals surface area contributed by atoms with Crippen LogP contribution >= 0.6 is 0 Å². The highest BCUT2D eigenvalue weighted by Gasteiger charge is 2.23. The van der Waals surface area contributed by atoms with Gasteiger partial charge < -0.3 is 35.5 Å². The first kappa shape index (κ1) is 37.7. The van der Waals surface area contributed by atoms with E-state index in [1.165, 1.54) is 18.2 Å². The Morgan fingerprint density at radius 3 is 1.62 bits per heavy atom. The molecule has 2 aromatic carbocycles. The Morgan fingerprint density at radius 2 is 1.17 bits per heavy atom. The average Bonchev–Trinajstić information content (AvgIpc) is 2.94. The third kappa shape index (κ3) is 14.0. The number of benzene rings is 2. The molecule has 0 aliphatic heterocycles. The standard InChI is InChI=1S/C30H40N6O11/c1-29(2,3)46-27(39)33-14-12-31-23-17-19(11-16-35(41)42)7-9-21(23)25(37)45-26(38)22-10-8-20(36(43)44)18-24(22)32-13-15-34-28(40)47-30(4,5)6/h7-10,17-18,31-32H,11-16H2,1-6H3,(H,33,39)(H,34,40). The van der Waals surface area contributed by atoms with Crippen LogP contribution in [0.4, 0.5) is 26.7 Å². The zero-order valence-corrected chi connectivity index (χ0v) is 27.1. The zero-order chi connectivity index (χ0) is 35.4. The molecule has 0 heterocycles. The molecular formula is C30H40N6O11. The Labute approximate surface area is 271 Å². The van der Waals surface area contributed by atoms with Gasteiger partial charge in [-0.2, -0.15) is 0 Å². The van der Waals surface area contributed by atoms with Crippen molar-refractivity contribution in [3.05, 3.63) is 73.3 Å². The van der Waals surface area contributed by atoms with Gasteiger partial charge in [0.25, 0.3) is 5.69 Å². The van der Waals surface area contributed by atoms with Gasteiger partial charge in [0, 0.05) is 55.3 Å². The molecule has 0 spiro atoms. The third-order valence-corrected chi connectivity index (χ3v) is 5.72. The minimum atomic E-state index is -1.12. The van der Waals surface area contributed by atoms with E-state index in [4.69, 9.17) is 14.2 Å². The molecule has 0 aliphatic carbocycles. The fraction of sp³-hybridized carbons (Fsp3) is 0.467. The number of nitrogens with one attached hydrogen (secondary N) is 4. The van der Waals surface area contributed by atoms with Crippen molar-refractivity contribution in [1.82, 2.24) is 10.6 Å². The van der Waals surface area contributed by atoms with Gasteiger partial charge in [0.2, 0.25) is 6.54 Å². The Kier molecular flexibility index (Phi) is 13.4. The van der Waals surface area contributed by atoms with E-state index >= 15 is 0 Å². The molecule has 0 saturated heterocycles. The van der Waals surface area contributed by atoms with E-state index in [0.717, 1.165) is 18.2 Å². The summed E-state index contributed by atoms with van der Waals surface area (Å²) in [5.74, 6) is -2.20. The van der Waals surface area contributed by atoms with Crippen molar-refractivity contribution in [3.63, 3.8) is 0 Å². The molecule has 256 valence electrons. The van der Waals surface area contributed by atoms with Crippen LogP contribution in [0.15, 0.2) is 36.4 Å². The Bertz CT molecular complexity index is 1480. The van der Waals surface area contributed by atoms with Crippen LogP contribution in [0.3, 0.4) is 0 Å². The van der Waals surface area contributed by atoms with Crippen LogP contribution in [0.1, 0.15) is 67.8 Å². The number of nitro benzene ring substituents is 1. The monoisotopic (exact) mass is 660 g/mol. The summed E-state index contributed by atoms with van der Waals surface area (Å²) in [6, 6.07) is 7.59. The molecule has 0 fully saturated rings. The highest BCUT2D eigenvalue weighted by Crippen LogP contribution is 2.25. The molecule has 0 aromatic heterocycles. The van der Waals surface area contributed by atoms with Gasteiger partial charge in [-0.3, -0.25) is 20.2 Å². The number of esters is 2. The highest BCUT2D eigenvalue weighted by atomic mass is 16.6. The summed E-state index contributed by atoms with van der Waals surface area (Å²) in [5, 5.41) is 33.1. The van der Waals surface area contributed by atoms with Gasteiger partial charge in [0.05, 0.1) is 21.7 Å². The summed E-state index contributed by atoms with van der Waals surface area (Å²) in [6.07, 6.45) is -1.28. The molecule has 17 heteroatoms. The number of carbonyl (C=O) groups excluding carboxylic acids is 4. The number of non-ortho nitro benzene ring substituents is 1. The SMILES string of the molecule is CC(C)(C)OC(=O)NCCNc1cc(CC[N+](=O)[O-])ccc1C(=O)OC(=O)c1ccc([N+](=O)[O-])cc1NCCNC(=O)OC(C)(C)C. The maximum Gasteiger partial charge on any atom is 0.407 e. The lowest BCUT2D eigenvalue weighted by Crippen LogP contribution is -2.35. The Balaban J connectivity index is 2.20. The van der Waals surface area contributed by atoms with Gasteiger partial charge in [-0.25, -0.2) is 19.2 Å². The normalized spacial score (nSPS) is 11.1. The van der Waals surface area contributed by atoms with Crippen LogP contribution in [0.25, 0.3) is 0 Å². The highest BCUT2D eigenvalue weighted by molar-refractivity contribution is 6.07. The number of alkyl carbamates (subject to hydrolysis) is 2. The number of anilines is 2. The Hall–Kier alpha value is -5.48. The van der Waals surface area contributed by atoms with Crippen molar-refractivity contribution < 1.29 is 43.2 Å².